The number of rotatable bonds is 4. The number of nitrogens with one attached hydrogen (secondary N) is 1. The van der Waals surface area contributed by atoms with E-state index < -0.39 is 0 Å². The summed E-state index contributed by atoms with van der Waals surface area (Å²) in [6.45, 7) is 5.24. The number of pyridine rings is 1. The number of aryl methyl sites for hydroxylation is 1. The molecule has 84 valence electrons. The molecule has 0 spiro atoms. The largest absolute Gasteiger partial charge is 0.307 e. The smallest absolute Gasteiger partial charge is 0.0586 e. The molecule has 0 aromatic carbocycles. The van der Waals surface area contributed by atoms with Crippen molar-refractivity contribution < 1.29 is 0 Å². The van der Waals surface area contributed by atoms with E-state index in [1.165, 1.54) is 16.0 Å². The van der Waals surface area contributed by atoms with E-state index in [-0.39, 0.29) is 6.04 Å². The summed E-state index contributed by atoms with van der Waals surface area (Å²) in [7, 11) is 0. The number of hydrogen-bond donors (Lipinski definition) is 1. The van der Waals surface area contributed by atoms with Crippen LogP contribution < -0.4 is 5.32 Å². The van der Waals surface area contributed by atoms with Gasteiger partial charge in [-0.25, -0.2) is 0 Å². The van der Waals surface area contributed by atoms with Gasteiger partial charge in [-0.1, -0.05) is 6.92 Å². The maximum atomic E-state index is 4.06. The average molecular weight is 232 g/mol. The second-order valence-electron chi connectivity index (χ2n) is 3.76. The van der Waals surface area contributed by atoms with Crippen LogP contribution in [0.4, 0.5) is 0 Å². The Hall–Kier alpha value is -1.19. The van der Waals surface area contributed by atoms with Gasteiger partial charge in [-0.05, 0) is 48.2 Å². The number of hydrogen-bond acceptors (Lipinski definition) is 3. The van der Waals surface area contributed by atoms with Crippen LogP contribution >= 0.6 is 11.3 Å². The third-order valence-electron chi connectivity index (χ3n) is 2.53. The highest BCUT2D eigenvalue weighted by atomic mass is 32.1. The molecule has 2 nitrogen and oxygen atoms in total. The van der Waals surface area contributed by atoms with Crippen molar-refractivity contribution in [3.63, 3.8) is 0 Å². The van der Waals surface area contributed by atoms with E-state index in [0.29, 0.717) is 0 Å². The van der Waals surface area contributed by atoms with Gasteiger partial charge in [-0.15, -0.1) is 11.3 Å². The predicted octanol–water partition coefficient (Wildman–Crippen LogP) is 3.15. The Morgan fingerprint density at radius 1 is 1.31 bits per heavy atom. The van der Waals surface area contributed by atoms with Gasteiger partial charge in [0.15, 0.2) is 0 Å². The van der Waals surface area contributed by atoms with Gasteiger partial charge in [0.2, 0.25) is 0 Å². The second-order valence-corrected chi connectivity index (χ2v) is 4.88. The molecular formula is C13H16N2S. The molecule has 1 N–H and O–H groups in total. The summed E-state index contributed by atoms with van der Waals surface area (Å²) in [5.41, 5.74) is 2.62. The lowest BCUT2D eigenvalue weighted by Gasteiger charge is -2.16. The van der Waals surface area contributed by atoms with Gasteiger partial charge in [0, 0.05) is 17.3 Å². The molecule has 0 fully saturated rings. The van der Waals surface area contributed by atoms with Crippen molar-refractivity contribution in [1.29, 1.82) is 0 Å². The number of nitrogens with zero attached hydrogens (tertiary/aromatic N) is 1. The van der Waals surface area contributed by atoms with E-state index in [0.717, 1.165) is 6.54 Å². The molecular weight excluding hydrogens is 216 g/mol. The minimum atomic E-state index is 0.290. The monoisotopic (exact) mass is 232 g/mol. The Balaban J connectivity index is 2.31. The van der Waals surface area contributed by atoms with Crippen LogP contribution in [0.15, 0.2) is 36.0 Å². The Morgan fingerprint density at radius 3 is 2.62 bits per heavy atom. The molecule has 2 aromatic rings. The molecule has 1 atom stereocenters. The van der Waals surface area contributed by atoms with E-state index in [1.807, 2.05) is 12.4 Å². The first-order valence-corrected chi connectivity index (χ1v) is 6.37. The molecule has 0 saturated heterocycles. The highest BCUT2D eigenvalue weighted by molar-refractivity contribution is 7.10. The molecule has 0 aliphatic heterocycles. The zero-order valence-electron chi connectivity index (χ0n) is 9.60. The van der Waals surface area contributed by atoms with Crippen molar-refractivity contribution in [2.75, 3.05) is 6.54 Å². The fourth-order valence-electron chi connectivity index (χ4n) is 1.80. The van der Waals surface area contributed by atoms with Gasteiger partial charge in [0.1, 0.15) is 0 Å². The van der Waals surface area contributed by atoms with E-state index in [2.05, 4.69) is 47.7 Å². The summed E-state index contributed by atoms with van der Waals surface area (Å²) in [4.78, 5) is 5.42. The molecule has 1 unspecified atom stereocenters. The molecule has 0 saturated carbocycles. The van der Waals surface area contributed by atoms with Crippen LogP contribution in [0.1, 0.15) is 29.0 Å². The van der Waals surface area contributed by atoms with Gasteiger partial charge in [-0.2, -0.15) is 0 Å². The molecule has 0 radical (unpaired) electrons. The average Bonchev–Trinajstić information content (AvgIpc) is 2.74. The van der Waals surface area contributed by atoms with Gasteiger partial charge in [-0.3, -0.25) is 4.98 Å². The third-order valence-corrected chi connectivity index (χ3v) is 3.41. The van der Waals surface area contributed by atoms with Gasteiger partial charge in [0.05, 0.1) is 6.04 Å². The Bertz CT molecular complexity index is 436. The minimum Gasteiger partial charge on any atom is -0.307 e. The minimum absolute atomic E-state index is 0.290. The first kappa shape index (κ1) is 11.3. The van der Waals surface area contributed by atoms with E-state index >= 15 is 0 Å². The van der Waals surface area contributed by atoms with Crippen LogP contribution in [0, 0.1) is 6.92 Å². The van der Waals surface area contributed by atoms with Crippen LogP contribution in [0.25, 0.3) is 0 Å². The zero-order valence-corrected chi connectivity index (χ0v) is 10.4. The molecule has 2 heterocycles. The molecule has 0 aliphatic carbocycles. The zero-order chi connectivity index (χ0) is 11.4. The Morgan fingerprint density at radius 2 is 2.06 bits per heavy atom. The van der Waals surface area contributed by atoms with Gasteiger partial charge in [0.25, 0.3) is 0 Å². The molecule has 16 heavy (non-hydrogen) atoms. The predicted molar refractivity (Wildman–Crippen MR) is 68.8 cm³/mol. The standard InChI is InChI=1S/C13H16N2S/c1-3-15-13(11-4-6-14-7-5-11)12-8-10(2)16-9-12/h4-9,13,15H,3H2,1-2H3. The Kier molecular flexibility index (Phi) is 3.70. The normalized spacial score (nSPS) is 12.6. The summed E-state index contributed by atoms with van der Waals surface area (Å²) < 4.78 is 0. The first-order chi connectivity index (χ1) is 7.81. The van der Waals surface area contributed by atoms with Crippen molar-refractivity contribution in [3.8, 4) is 0 Å². The summed E-state index contributed by atoms with van der Waals surface area (Å²) in [5, 5.41) is 5.73. The molecule has 0 bridgehead atoms. The lowest BCUT2D eigenvalue weighted by atomic mass is 10.0. The lowest BCUT2D eigenvalue weighted by Crippen LogP contribution is -2.21. The first-order valence-electron chi connectivity index (χ1n) is 5.49. The summed E-state index contributed by atoms with van der Waals surface area (Å²) in [6.07, 6.45) is 3.69. The third kappa shape index (κ3) is 2.49. The summed E-state index contributed by atoms with van der Waals surface area (Å²) >= 11 is 1.80. The Labute approximate surface area is 100 Å². The van der Waals surface area contributed by atoms with Crippen molar-refractivity contribution in [2.45, 2.75) is 19.9 Å². The maximum absolute atomic E-state index is 4.06. The quantitative estimate of drug-likeness (QED) is 0.876. The van der Waals surface area contributed by atoms with E-state index in [9.17, 15) is 0 Å². The van der Waals surface area contributed by atoms with Crippen molar-refractivity contribution >= 4 is 11.3 Å². The molecule has 2 rings (SSSR count). The summed E-state index contributed by atoms with van der Waals surface area (Å²) in [6, 6.07) is 6.68. The van der Waals surface area contributed by atoms with Crippen LogP contribution in [-0.4, -0.2) is 11.5 Å². The summed E-state index contributed by atoms with van der Waals surface area (Å²) in [5.74, 6) is 0. The van der Waals surface area contributed by atoms with Crippen LogP contribution in [0.2, 0.25) is 0 Å². The van der Waals surface area contributed by atoms with Gasteiger partial charge < -0.3 is 5.32 Å². The van der Waals surface area contributed by atoms with Crippen molar-refractivity contribution in [2.24, 2.45) is 0 Å². The van der Waals surface area contributed by atoms with Crippen molar-refractivity contribution in [3.05, 3.63) is 52.0 Å². The maximum Gasteiger partial charge on any atom is 0.0586 e. The number of thiophene rings is 1. The van der Waals surface area contributed by atoms with Gasteiger partial charge >= 0.3 is 0 Å². The molecule has 3 heteroatoms. The molecule has 2 aromatic heterocycles. The second kappa shape index (κ2) is 5.23. The van der Waals surface area contributed by atoms with Crippen molar-refractivity contribution in [1.82, 2.24) is 10.3 Å². The SMILES string of the molecule is CCNC(c1ccncc1)c1csc(C)c1. The highest BCUT2D eigenvalue weighted by Crippen LogP contribution is 2.25. The number of aromatic nitrogens is 1. The fourth-order valence-corrected chi connectivity index (χ4v) is 2.53. The van der Waals surface area contributed by atoms with E-state index in [4.69, 9.17) is 0 Å². The topological polar surface area (TPSA) is 24.9 Å². The highest BCUT2D eigenvalue weighted by Gasteiger charge is 2.13. The van der Waals surface area contributed by atoms with Crippen LogP contribution in [0.5, 0.6) is 0 Å². The fraction of sp³-hybridized carbons (Fsp3) is 0.308. The molecule has 0 aliphatic rings. The lowest BCUT2D eigenvalue weighted by molar-refractivity contribution is 0.631. The van der Waals surface area contributed by atoms with E-state index in [1.54, 1.807) is 11.3 Å². The van der Waals surface area contributed by atoms with Crippen LogP contribution in [0.3, 0.4) is 0 Å². The van der Waals surface area contributed by atoms with Crippen LogP contribution in [-0.2, 0) is 0 Å². The molecule has 0 amide bonds.